The highest BCUT2D eigenvalue weighted by Gasteiger charge is 2.33. The van der Waals surface area contributed by atoms with Crippen molar-refractivity contribution < 1.29 is 28.6 Å². The summed E-state index contributed by atoms with van der Waals surface area (Å²) in [6.45, 7) is 14.9. The first-order valence-corrected chi connectivity index (χ1v) is 15.1. The summed E-state index contributed by atoms with van der Waals surface area (Å²) in [5, 5.41) is 5.92. The molecule has 0 amide bonds. The molecule has 1 aromatic heterocycles. The van der Waals surface area contributed by atoms with Crippen molar-refractivity contribution in [3.05, 3.63) is 16.1 Å². The van der Waals surface area contributed by atoms with E-state index in [0.29, 0.717) is 23.7 Å². The maximum atomic E-state index is 12.0. The van der Waals surface area contributed by atoms with Gasteiger partial charge in [0.25, 0.3) is 0 Å². The summed E-state index contributed by atoms with van der Waals surface area (Å²) in [6, 6.07) is 1.07. The molecule has 0 bridgehead atoms. The van der Waals surface area contributed by atoms with Gasteiger partial charge < -0.3 is 24.8 Å². The predicted molar refractivity (Wildman–Crippen MR) is 127 cm³/mol. The molecule has 0 spiro atoms. The van der Waals surface area contributed by atoms with Gasteiger partial charge in [-0.1, -0.05) is 31.7 Å². The fraction of sp³-hybridized carbons (Fsp3) is 0.714. The largest absolute Gasteiger partial charge is 0.469 e. The smallest absolute Gasteiger partial charge is 0.336 e. The first-order valence-electron chi connectivity index (χ1n) is 10.5. The molecule has 9 nitrogen and oxygen atoms in total. The van der Waals surface area contributed by atoms with Crippen LogP contribution in [0.2, 0.25) is 25.7 Å². The highest BCUT2D eigenvalue weighted by atomic mass is 32.1. The molecule has 0 saturated carbocycles. The Morgan fingerprint density at radius 2 is 1.91 bits per heavy atom. The topological polar surface area (TPSA) is 122 Å². The van der Waals surface area contributed by atoms with Gasteiger partial charge in [-0.05, 0) is 33.2 Å². The normalized spacial score (nSPS) is 14.7. The van der Waals surface area contributed by atoms with Crippen molar-refractivity contribution in [3.63, 3.8) is 0 Å². The van der Waals surface area contributed by atoms with Crippen molar-refractivity contribution in [3.8, 4) is 0 Å². The highest BCUT2D eigenvalue weighted by molar-refractivity contribution is 7.11. The lowest BCUT2D eigenvalue weighted by molar-refractivity contribution is -0.158. The minimum atomic E-state index is -1.15. The number of methoxy groups -OCH3 is 1. The number of oxime groups is 1. The van der Waals surface area contributed by atoms with Gasteiger partial charge in [-0.2, -0.15) is 0 Å². The van der Waals surface area contributed by atoms with Crippen LogP contribution in [-0.4, -0.2) is 51.3 Å². The van der Waals surface area contributed by atoms with Gasteiger partial charge in [0.1, 0.15) is 12.4 Å². The van der Waals surface area contributed by atoms with Gasteiger partial charge in [-0.25, -0.2) is 9.78 Å². The van der Waals surface area contributed by atoms with Gasteiger partial charge in [-0.3, -0.25) is 4.79 Å². The fourth-order valence-corrected chi connectivity index (χ4v) is 4.07. The van der Waals surface area contributed by atoms with Crippen molar-refractivity contribution in [1.82, 2.24) is 4.98 Å². The number of rotatable bonds is 13. The molecule has 0 aliphatic heterocycles. The Morgan fingerprint density at radius 1 is 1.25 bits per heavy atom. The maximum absolute atomic E-state index is 12.0. The van der Waals surface area contributed by atoms with E-state index in [4.69, 9.17) is 20.0 Å². The molecule has 0 fully saturated rings. The minimum Gasteiger partial charge on any atom is -0.469 e. The van der Waals surface area contributed by atoms with Crippen molar-refractivity contribution in [2.24, 2.45) is 16.3 Å². The molecule has 11 heteroatoms. The van der Waals surface area contributed by atoms with Crippen LogP contribution >= 0.6 is 11.3 Å². The molecule has 1 aromatic rings. The summed E-state index contributed by atoms with van der Waals surface area (Å²) in [7, 11) is 0.114. The summed E-state index contributed by atoms with van der Waals surface area (Å²) >= 11 is 1.27. The summed E-state index contributed by atoms with van der Waals surface area (Å²) in [4.78, 5) is 33.1. The third-order valence-electron chi connectivity index (χ3n) is 4.97. The second-order valence-electron chi connectivity index (χ2n) is 9.60. The zero-order valence-electron chi connectivity index (χ0n) is 20.4. The van der Waals surface area contributed by atoms with E-state index in [1.165, 1.54) is 18.4 Å². The number of aromatic nitrogens is 1. The van der Waals surface area contributed by atoms with Gasteiger partial charge in [0, 0.05) is 20.1 Å². The van der Waals surface area contributed by atoms with Gasteiger partial charge in [0.2, 0.25) is 0 Å². The standard InChI is InChI=1S/C21H37N3O6SSi/c1-9-21(4,29-14-28-10-11-32(6,7)8)15-13-31-18(23-15)17(22)24-30-16(25)12-20(2,3)19(26)27-5/h13H,9-12,14H2,1-8H3,(H2,22,24). The SMILES string of the molecule is CCC(C)(OCOCC[Si](C)(C)C)c1csc(C(N)=NOC(=O)CC(C)(C)C(=O)OC)n1. The molecule has 0 saturated heterocycles. The van der Waals surface area contributed by atoms with Gasteiger partial charge in [0.05, 0.1) is 24.6 Å². The number of hydrogen-bond acceptors (Lipinski definition) is 9. The molecule has 182 valence electrons. The van der Waals surface area contributed by atoms with E-state index < -0.39 is 31.0 Å². The average Bonchev–Trinajstić information content (AvgIpc) is 3.20. The molecule has 0 radical (unpaired) electrons. The van der Waals surface area contributed by atoms with Gasteiger partial charge in [0.15, 0.2) is 10.8 Å². The molecule has 1 unspecified atom stereocenters. The zero-order valence-corrected chi connectivity index (χ0v) is 22.3. The predicted octanol–water partition coefficient (Wildman–Crippen LogP) is 3.85. The van der Waals surface area contributed by atoms with E-state index >= 15 is 0 Å². The van der Waals surface area contributed by atoms with Crippen LogP contribution in [0.3, 0.4) is 0 Å². The van der Waals surface area contributed by atoms with Crippen LogP contribution < -0.4 is 5.73 Å². The van der Waals surface area contributed by atoms with Gasteiger partial charge >= 0.3 is 11.9 Å². The number of ether oxygens (including phenoxy) is 3. The Labute approximate surface area is 195 Å². The Bertz CT molecular complexity index is 806. The Hall–Kier alpha value is -1.82. The molecule has 0 aliphatic rings. The highest BCUT2D eigenvalue weighted by Crippen LogP contribution is 2.30. The third kappa shape index (κ3) is 8.97. The lowest BCUT2D eigenvalue weighted by Crippen LogP contribution is -2.29. The van der Waals surface area contributed by atoms with E-state index in [-0.39, 0.29) is 19.0 Å². The van der Waals surface area contributed by atoms with Crippen LogP contribution in [0.5, 0.6) is 0 Å². The minimum absolute atomic E-state index is 0.0321. The molecule has 32 heavy (non-hydrogen) atoms. The summed E-state index contributed by atoms with van der Waals surface area (Å²) in [5.41, 5.74) is 4.97. The molecular formula is C21H37N3O6SSi. The number of esters is 1. The number of carbonyl (C=O) groups excluding carboxylic acids is 2. The van der Waals surface area contributed by atoms with Crippen LogP contribution in [0.15, 0.2) is 10.5 Å². The lowest BCUT2D eigenvalue weighted by atomic mass is 9.90. The quantitative estimate of drug-likeness (QED) is 0.0650. The lowest BCUT2D eigenvalue weighted by Gasteiger charge is -2.27. The average molecular weight is 488 g/mol. The van der Waals surface area contributed by atoms with Crippen molar-refractivity contribution in [2.45, 2.75) is 71.8 Å². The van der Waals surface area contributed by atoms with E-state index in [9.17, 15) is 9.59 Å². The molecule has 2 N–H and O–H groups in total. The van der Waals surface area contributed by atoms with E-state index in [1.54, 1.807) is 13.8 Å². The second kappa shape index (κ2) is 11.9. The van der Waals surface area contributed by atoms with Crippen LogP contribution in [0, 0.1) is 5.41 Å². The van der Waals surface area contributed by atoms with Crippen LogP contribution in [0.25, 0.3) is 0 Å². The monoisotopic (exact) mass is 487 g/mol. The molecule has 1 atom stereocenters. The fourth-order valence-electron chi connectivity index (χ4n) is 2.48. The van der Waals surface area contributed by atoms with Crippen LogP contribution in [0.1, 0.15) is 51.2 Å². The summed E-state index contributed by atoms with van der Waals surface area (Å²) in [6.07, 6.45) is 0.487. The molecule has 0 aliphatic carbocycles. The molecule has 0 aromatic carbocycles. The Balaban J connectivity index is 2.71. The van der Waals surface area contributed by atoms with E-state index in [2.05, 4.69) is 34.5 Å². The van der Waals surface area contributed by atoms with Crippen molar-refractivity contribution >= 4 is 37.2 Å². The van der Waals surface area contributed by atoms with E-state index in [0.717, 1.165) is 6.04 Å². The van der Waals surface area contributed by atoms with Crippen LogP contribution in [0.4, 0.5) is 0 Å². The first kappa shape index (κ1) is 28.2. The van der Waals surface area contributed by atoms with Crippen molar-refractivity contribution in [1.29, 1.82) is 0 Å². The molecular weight excluding hydrogens is 450 g/mol. The number of nitrogens with two attached hydrogens (primary N) is 1. The number of hydrogen-bond donors (Lipinski definition) is 1. The Morgan fingerprint density at radius 3 is 2.47 bits per heavy atom. The maximum Gasteiger partial charge on any atom is 0.336 e. The summed E-state index contributed by atoms with van der Waals surface area (Å²) < 4.78 is 16.3. The molecule has 1 heterocycles. The van der Waals surface area contributed by atoms with Gasteiger partial charge in [-0.15, -0.1) is 11.3 Å². The van der Waals surface area contributed by atoms with Crippen molar-refractivity contribution in [2.75, 3.05) is 20.5 Å². The number of carbonyl (C=O) groups is 2. The summed E-state index contributed by atoms with van der Waals surface area (Å²) in [5.74, 6) is -1.24. The van der Waals surface area contributed by atoms with Crippen LogP contribution in [-0.2, 0) is 34.2 Å². The second-order valence-corrected chi connectivity index (χ2v) is 16.1. The zero-order chi connectivity index (χ0) is 24.6. The first-order chi connectivity index (χ1) is 14.7. The number of amidine groups is 1. The molecule has 1 rings (SSSR count). The Kier molecular flexibility index (Phi) is 10.5. The van der Waals surface area contributed by atoms with E-state index in [1.807, 2.05) is 19.2 Å². The number of thiazole rings is 1. The number of nitrogens with zero attached hydrogens (tertiary/aromatic N) is 2. The third-order valence-corrected chi connectivity index (χ3v) is 7.54.